The van der Waals surface area contributed by atoms with Gasteiger partial charge in [0.1, 0.15) is 0 Å². The minimum Gasteiger partial charge on any atom is -0.306 e. The summed E-state index contributed by atoms with van der Waals surface area (Å²) in [6.45, 7) is 4.16. The summed E-state index contributed by atoms with van der Waals surface area (Å²) in [5.74, 6) is 0. The summed E-state index contributed by atoms with van der Waals surface area (Å²) in [6, 6.07) is 8.31. The average molecular weight is 269 g/mol. The molecule has 5 nitrogen and oxygen atoms in total. The maximum absolute atomic E-state index is 4.54. The Morgan fingerprint density at radius 1 is 1.10 bits per heavy atom. The van der Waals surface area contributed by atoms with E-state index < -0.39 is 0 Å². The van der Waals surface area contributed by atoms with Gasteiger partial charge in [-0.05, 0) is 24.7 Å². The van der Waals surface area contributed by atoms with E-state index in [0.29, 0.717) is 0 Å². The molecule has 0 atom stereocenters. The fourth-order valence-electron chi connectivity index (χ4n) is 2.20. The van der Waals surface area contributed by atoms with E-state index >= 15 is 0 Å². The van der Waals surface area contributed by atoms with Crippen LogP contribution in [-0.2, 0) is 0 Å². The van der Waals surface area contributed by atoms with Crippen LogP contribution in [0.4, 0.5) is 0 Å². The van der Waals surface area contributed by atoms with Gasteiger partial charge in [-0.1, -0.05) is 12.1 Å². The quantitative estimate of drug-likeness (QED) is 0.791. The first kappa shape index (κ1) is 12.9. The van der Waals surface area contributed by atoms with Gasteiger partial charge < -0.3 is 9.47 Å². The molecule has 0 saturated carbocycles. The molecule has 104 valence electrons. The Labute approximate surface area is 119 Å². The SMILES string of the molecule is CN1CCN(/N=C\c2ccc(-n3ccnc3)cc2)CC1. The van der Waals surface area contributed by atoms with E-state index in [0.717, 1.165) is 37.4 Å². The lowest BCUT2D eigenvalue weighted by Crippen LogP contribution is -2.41. The molecule has 1 aromatic heterocycles. The minimum atomic E-state index is 1.00. The highest BCUT2D eigenvalue weighted by Gasteiger charge is 2.10. The van der Waals surface area contributed by atoms with Crippen molar-refractivity contribution in [1.82, 2.24) is 19.5 Å². The largest absolute Gasteiger partial charge is 0.306 e. The molecule has 0 amide bonds. The van der Waals surface area contributed by atoms with Crippen LogP contribution in [-0.4, -0.2) is 58.9 Å². The topological polar surface area (TPSA) is 36.7 Å². The van der Waals surface area contributed by atoms with Gasteiger partial charge in [0.25, 0.3) is 0 Å². The van der Waals surface area contributed by atoms with Gasteiger partial charge in [-0.25, -0.2) is 4.98 Å². The van der Waals surface area contributed by atoms with E-state index in [1.54, 1.807) is 12.5 Å². The maximum atomic E-state index is 4.54. The second-order valence-corrected chi connectivity index (χ2v) is 5.06. The third kappa shape index (κ3) is 3.05. The van der Waals surface area contributed by atoms with Gasteiger partial charge >= 0.3 is 0 Å². The van der Waals surface area contributed by atoms with Gasteiger partial charge in [0, 0.05) is 44.3 Å². The van der Waals surface area contributed by atoms with E-state index in [9.17, 15) is 0 Å². The number of hydrogen-bond donors (Lipinski definition) is 0. The standard InChI is InChI=1S/C15H19N5/c1-18-8-10-20(11-9-18)17-12-14-2-4-15(5-3-14)19-7-6-16-13-19/h2-7,12-13H,8-11H2,1H3/b17-12-. The van der Waals surface area contributed by atoms with Gasteiger partial charge in [0.05, 0.1) is 12.5 Å². The van der Waals surface area contributed by atoms with Gasteiger partial charge in [-0.2, -0.15) is 5.10 Å². The van der Waals surface area contributed by atoms with Gasteiger partial charge in [0.2, 0.25) is 0 Å². The highest BCUT2D eigenvalue weighted by Crippen LogP contribution is 2.08. The lowest BCUT2D eigenvalue weighted by atomic mass is 10.2. The number of hydrazone groups is 1. The first-order valence-corrected chi connectivity index (χ1v) is 6.87. The Hall–Kier alpha value is -2.14. The van der Waals surface area contributed by atoms with Crippen LogP contribution in [0.3, 0.4) is 0 Å². The number of likely N-dealkylation sites (N-methyl/N-ethyl adjacent to an activating group) is 1. The van der Waals surface area contributed by atoms with Crippen molar-refractivity contribution >= 4 is 6.21 Å². The number of piperazine rings is 1. The molecular formula is C15H19N5. The lowest BCUT2D eigenvalue weighted by molar-refractivity contribution is 0.159. The van der Waals surface area contributed by atoms with E-state index in [1.807, 2.05) is 17.0 Å². The van der Waals surface area contributed by atoms with Crippen molar-refractivity contribution in [3.8, 4) is 5.69 Å². The van der Waals surface area contributed by atoms with Crippen molar-refractivity contribution in [2.75, 3.05) is 33.2 Å². The number of aromatic nitrogens is 2. The van der Waals surface area contributed by atoms with E-state index in [1.165, 1.54) is 0 Å². The van der Waals surface area contributed by atoms with Crippen LogP contribution in [0.1, 0.15) is 5.56 Å². The average Bonchev–Trinajstić information content (AvgIpc) is 3.01. The molecule has 1 saturated heterocycles. The summed E-state index contributed by atoms with van der Waals surface area (Å²) in [5, 5.41) is 6.67. The zero-order valence-electron chi connectivity index (χ0n) is 11.7. The van der Waals surface area contributed by atoms with E-state index in [-0.39, 0.29) is 0 Å². The van der Waals surface area contributed by atoms with Crippen molar-refractivity contribution < 1.29 is 0 Å². The molecule has 20 heavy (non-hydrogen) atoms. The fourth-order valence-corrected chi connectivity index (χ4v) is 2.20. The van der Waals surface area contributed by atoms with Crippen LogP contribution in [0.2, 0.25) is 0 Å². The number of imidazole rings is 1. The van der Waals surface area contributed by atoms with Gasteiger partial charge in [-0.3, -0.25) is 5.01 Å². The normalized spacial score (nSPS) is 16.9. The number of benzene rings is 1. The highest BCUT2D eigenvalue weighted by molar-refractivity contribution is 5.79. The molecule has 5 heteroatoms. The molecule has 2 heterocycles. The molecule has 0 unspecified atom stereocenters. The Morgan fingerprint density at radius 3 is 2.50 bits per heavy atom. The first-order chi connectivity index (χ1) is 9.81. The van der Waals surface area contributed by atoms with Crippen LogP contribution in [0.25, 0.3) is 5.69 Å². The molecule has 1 aliphatic heterocycles. The molecule has 0 radical (unpaired) electrons. The molecule has 0 N–H and O–H groups in total. The van der Waals surface area contributed by atoms with Crippen molar-refractivity contribution in [2.45, 2.75) is 0 Å². The molecule has 1 aromatic carbocycles. The number of hydrogen-bond acceptors (Lipinski definition) is 4. The zero-order chi connectivity index (χ0) is 13.8. The summed E-state index contributed by atoms with van der Waals surface area (Å²) in [7, 11) is 2.15. The third-order valence-electron chi connectivity index (χ3n) is 3.55. The Bertz CT molecular complexity index is 550. The maximum Gasteiger partial charge on any atom is 0.0991 e. The van der Waals surface area contributed by atoms with Crippen molar-refractivity contribution in [1.29, 1.82) is 0 Å². The van der Waals surface area contributed by atoms with E-state index in [2.05, 4.69) is 51.3 Å². The van der Waals surface area contributed by atoms with Gasteiger partial charge in [-0.15, -0.1) is 0 Å². The Morgan fingerprint density at radius 2 is 1.85 bits per heavy atom. The summed E-state index contributed by atoms with van der Waals surface area (Å²) < 4.78 is 1.99. The van der Waals surface area contributed by atoms with Crippen molar-refractivity contribution in [3.63, 3.8) is 0 Å². The fraction of sp³-hybridized carbons (Fsp3) is 0.333. The molecule has 0 bridgehead atoms. The van der Waals surface area contributed by atoms with Crippen molar-refractivity contribution in [2.24, 2.45) is 5.10 Å². The van der Waals surface area contributed by atoms with Crippen LogP contribution in [0.15, 0.2) is 48.1 Å². The van der Waals surface area contributed by atoms with Crippen LogP contribution in [0.5, 0.6) is 0 Å². The summed E-state index contributed by atoms with van der Waals surface area (Å²) in [5.41, 5.74) is 2.23. The van der Waals surface area contributed by atoms with Crippen LogP contribution >= 0.6 is 0 Å². The van der Waals surface area contributed by atoms with Crippen molar-refractivity contribution in [3.05, 3.63) is 48.5 Å². The molecule has 1 fully saturated rings. The predicted molar refractivity (Wildman–Crippen MR) is 80.2 cm³/mol. The molecule has 2 aromatic rings. The smallest absolute Gasteiger partial charge is 0.0991 e. The van der Waals surface area contributed by atoms with Crippen LogP contribution < -0.4 is 0 Å². The van der Waals surface area contributed by atoms with Gasteiger partial charge in [0.15, 0.2) is 0 Å². The second kappa shape index (κ2) is 5.88. The summed E-state index contributed by atoms with van der Waals surface area (Å²) in [6.07, 6.45) is 7.45. The Balaban J connectivity index is 1.63. The molecule has 0 aliphatic carbocycles. The number of rotatable bonds is 3. The molecule has 3 rings (SSSR count). The predicted octanol–water partition coefficient (Wildman–Crippen LogP) is 1.45. The summed E-state index contributed by atoms with van der Waals surface area (Å²) >= 11 is 0. The number of nitrogens with zero attached hydrogens (tertiary/aromatic N) is 5. The summed E-state index contributed by atoms with van der Waals surface area (Å²) in [4.78, 5) is 6.38. The highest BCUT2D eigenvalue weighted by atomic mass is 15.5. The zero-order valence-corrected chi connectivity index (χ0v) is 11.7. The first-order valence-electron chi connectivity index (χ1n) is 6.87. The van der Waals surface area contributed by atoms with Crippen LogP contribution in [0, 0.1) is 0 Å². The lowest BCUT2D eigenvalue weighted by Gasteiger charge is -2.30. The monoisotopic (exact) mass is 269 g/mol. The molecule has 0 spiro atoms. The Kier molecular flexibility index (Phi) is 3.78. The molecular weight excluding hydrogens is 250 g/mol. The van der Waals surface area contributed by atoms with E-state index in [4.69, 9.17) is 0 Å². The second-order valence-electron chi connectivity index (χ2n) is 5.06. The molecule has 1 aliphatic rings. The minimum absolute atomic E-state index is 1.00. The third-order valence-corrected chi connectivity index (χ3v) is 3.55.